The summed E-state index contributed by atoms with van der Waals surface area (Å²) in [7, 11) is 0. The van der Waals surface area contributed by atoms with Crippen molar-refractivity contribution in [1.82, 2.24) is 9.88 Å². The summed E-state index contributed by atoms with van der Waals surface area (Å²) in [5, 5.41) is 0.732. The molecule has 1 atom stereocenters. The number of hydrogen-bond donors (Lipinski definition) is 0. The van der Waals surface area contributed by atoms with Crippen LogP contribution in [-0.2, 0) is 4.74 Å². The van der Waals surface area contributed by atoms with Crippen LogP contribution >= 0.6 is 15.9 Å². The van der Waals surface area contributed by atoms with E-state index >= 15 is 0 Å². The van der Waals surface area contributed by atoms with E-state index in [1.54, 1.807) is 12.3 Å². The van der Waals surface area contributed by atoms with E-state index in [0.717, 1.165) is 11.0 Å². The minimum Gasteiger partial charge on any atom is -0.368 e. The maximum atomic E-state index is 12.5. The summed E-state index contributed by atoms with van der Waals surface area (Å²) < 4.78 is 5.91. The maximum Gasteiger partial charge on any atom is 0.254 e. The molecule has 1 aromatic heterocycles. The summed E-state index contributed by atoms with van der Waals surface area (Å²) in [5.74, 6) is 0.0489. The van der Waals surface area contributed by atoms with Gasteiger partial charge in [-0.3, -0.25) is 9.78 Å². The van der Waals surface area contributed by atoms with Gasteiger partial charge in [-0.1, -0.05) is 15.9 Å². The molecule has 1 saturated heterocycles. The number of aryl methyl sites for hydroxylation is 1. The number of carbonyl (C=O) groups excluding carboxylic acids is 1. The van der Waals surface area contributed by atoms with E-state index in [1.165, 1.54) is 0 Å². The van der Waals surface area contributed by atoms with Crippen molar-refractivity contribution in [2.75, 3.05) is 18.4 Å². The lowest BCUT2D eigenvalue weighted by Crippen LogP contribution is -2.55. The smallest absolute Gasteiger partial charge is 0.254 e. The van der Waals surface area contributed by atoms with Gasteiger partial charge in [-0.25, -0.2) is 0 Å². The highest BCUT2D eigenvalue weighted by atomic mass is 79.9. The lowest BCUT2D eigenvalue weighted by atomic mass is 10.0. The molecule has 1 aliphatic heterocycles. The van der Waals surface area contributed by atoms with E-state index in [9.17, 15) is 4.79 Å². The fraction of sp³-hybridized carbons (Fsp3) is 0.571. The molecule has 1 aliphatic rings. The zero-order valence-corrected chi connectivity index (χ0v) is 13.1. The van der Waals surface area contributed by atoms with Gasteiger partial charge in [0.2, 0.25) is 0 Å². The lowest BCUT2D eigenvalue weighted by Gasteiger charge is -2.42. The molecule has 2 heterocycles. The molecule has 2 rings (SSSR count). The number of alkyl halides is 1. The number of rotatable bonds is 2. The number of aromatic nitrogens is 1. The minimum atomic E-state index is -0.311. The van der Waals surface area contributed by atoms with Crippen LogP contribution in [0.5, 0.6) is 0 Å². The van der Waals surface area contributed by atoms with E-state index in [4.69, 9.17) is 4.74 Å². The summed E-state index contributed by atoms with van der Waals surface area (Å²) in [4.78, 5) is 18.5. The predicted octanol–water partition coefficient (Wildman–Crippen LogP) is 2.40. The molecule has 0 radical (unpaired) electrons. The third-order valence-corrected chi connectivity index (χ3v) is 3.81. The van der Waals surface area contributed by atoms with Gasteiger partial charge in [0.1, 0.15) is 0 Å². The van der Waals surface area contributed by atoms with Gasteiger partial charge in [0.25, 0.3) is 5.91 Å². The predicted molar refractivity (Wildman–Crippen MR) is 77.6 cm³/mol. The molecule has 1 fully saturated rings. The Kier molecular flexibility index (Phi) is 4.26. The van der Waals surface area contributed by atoms with Gasteiger partial charge in [-0.15, -0.1) is 0 Å². The zero-order chi connectivity index (χ0) is 14.0. The van der Waals surface area contributed by atoms with Crippen LogP contribution in [-0.4, -0.2) is 45.9 Å². The van der Waals surface area contributed by atoms with Gasteiger partial charge < -0.3 is 9.64 Å². The number of carbonyl (C=O) groups is 1. The number of halogens is 1. The van der Waals surface area contributed by atoms with Crippen molar-refractivity contribution in [1.29, 1.82) is 0 Å². The Morgan fingerprint density at radius 1 is 1.63 bits per heavy atom. The summed E-state index contributed by atoms with van der Waals surface area (Å²) in [6.07, 6.45) is 1.71. The molecule has 1 unspecified atom stereocenters. The van der Waals surface area contributed by atoms with Crippen molar-refractivity contribution >= 4 is 21.8 Å². The summed E-state index contributed by atoms with van der Waals surface area (Å²) in [6.45, 7) is 7.15. The summed E-state index contributed by atoms with van der Waals surface area (Å²) in [6, 6.07) is 3.59. The Hall–Kier alpha value is -0.940. The van der Waals surface area contributed by atoms with E-state index < -0.39 is 0 Å². The maximum absolute atomic E-state index is 12.5. The molecule has 0 spiro atoms. The van der Waals surface area contributed by atoms with Crippen LogP contribution in [0.2, 0.25) is 0 Å². The van der Waals surface area contributed by atoms with Crippen molar-refractivity contribution in [2.45, 2.75) is 32.5 Å². The number of ether oxygens (including phenoxy) is 1. The Labute approximate surface area is 122 Å². The van der Waals surface area contributed by atoms with Crippen LogP contribution in [0.1, 0.15) is 29.9 Å². The molecule has 1 aromatic rings. The van der Waals surface area contributed by atoms with Crippen LogP contribution in [0.15, 0.2) is 18.3 Å². The van der Waals surface area contributed by atoms with E-state index in [2.05, 4.69) is 20.9 Å². The first-order valence-corrected chi connectivity index (χ1v) is 7.49. The molecular formula is C14H19BrN2O2. The molecule has 4 nitrogen and oxygen atoms in total. The number of amides is 1. The van der Waals surface area contributed by atoms with Crippen molar-refractivity contribution in [2.24, 2.45) is 0 Å². The topological polar surface area (TPSA) is 42.4 Å². The van der Waals surface area contributed by atoms with Crippen molar-refractivity contribution in [3.63, 3.8) is 0 Å². The molecule has 0 aromatic carbocycles. The highest BCUT2D eigenvalue weighted by Crippen LogP contribution is 2.23. The first-order chi connectivity index (χ1) is 8.91. The van der Waals surface area contributed by atoms with Crippen LogP contribution < -0.4 is 0 Å². The average molecular weight is 327 g/mol. The van der Waals surface area contributed by atoms with Gasteiger partial charge >= 0.3 is 0 Å². The first kappa shape index (κ1) is 14.5. The highest BCUT2D eigenvalue weighted by Gasteiger charge is 2.35. The van der Waals surface area contributed by atoms with Gasteiger partial charge in [0.15, 0.2) is 0 Å². The van der Waals surface area contributed by atoms with E-state index in [-0.39, 0.29) is 17.6 Å². The average Bonchev–Trinajstić information content (AvgIpc) is 2.36. The third kappa shape index (κ3) is 3.54. The lowest BCUT2D eigenvalue weighted by molar-refractivity contribution is -0.116. The number of hydrogen-bond acceptors (Lipinski definition) is 3. The Morgan fingerprint density at radius 2 is 2.37 bits per heavy atom. The molecule has 5 heteroatoms. The van der Waals surface area contributed by atoms with Gasteiger partial charge in [-0.2, -0.15) is 0 Å². The SMILES string of the molecule is Cc1cc(C(=O)N2CC(CBr)OC(C)(C)C2)ccn1. The Morgan fingerprint density at radius 3 is 3.00 bits per heavy atom. The molecule has 19 heavy (non-hydrogen) atoms. The van der Waals surface area contributed by atoms with E-state index in [1.807, 2.05) is 31.7 Å². The molecular weight excluding hydrogens is 308 g/mol. The third-order valence-electron chi connectivity index (χ3n) is 3.08. The molecule has 0 bridgehead atoms. The van der Waals surface area contributed by atoms with Gasteiger partial charge in [-0.05, 0) is 32.9 Å². The van der Waals surface area contributed by atoms with Crippen LogP contribution in [0.3, 0.4) is 0 Å². The number of pyridine rings is 1. The second-order valence-electron chi connectivity index (χ2n) is 5.53. The first-order valence-electron chi connectivity index (χ1n) is 6.37. The van der Waals surface area contributed by atoms with Gasteiger partial charge in [0.05, 0.1) is 11.7 Å². The largest absolute Gasteiger partial charge is 0.368 e. The Bertz CT molecular complexity index is 476. The standard InChI is InChI=1S/C14H19BrN2O2/c1-10-6-11(4-5-16-10)13(18)17-8-12(7-15)19-14(2,3)9-17/h4-6,12H,7-9H2,1-3H3. The second kappa shape index (κ2) is 5.59. The monoisotopic (exact) mass is 326 g/mol. The fourth-order valence-corrected chi connectivity index (χ4v) is 2.73. The fourth-order valence-electron chi connectivity index (χ4n) is 2.39. The molecule has 0 saturated carbocycles. The molecule has 104 valence electrons. The van der Waals surface area contributed by atoms with Crippen molar-refractivity contribution in [3.05, 3.63) is 29.6 Å². The highest BCUT2D eigenvalue weighted by molar-refractivity contribution is 9.09. The van der Waals surface area contributed by atoms with Crippen molar-refractivity contribution < 1.29 is 9.53 Å². The van der Waals surface area contributed by atoms with Crippen LogP contribution in [0, 0.1) is 6.92 Å². The summed E-state index contributed by atoms with van der Waals surface area (Å²) >= 11 is 3.43. The van der Waals surface area contributed by atoms with Crippen LogP contribution in [0.4, 0.5) is 0 Å². The van der Waals surface area contributed by atoms with E-state index in [0.29, 0.717) is 18.7 Å². The number of morpholine rings is 1. The molecule has 0 aliphatic carbocycles. The summed E-state index contributed by atoms with van der Waals surface area (Å²) in [5.41, 5.74) is 1.24. The molecule has 1 amide bonds. The minimum absolute atomic E-state index is 0.0376. The second-order valence-corrected chi connectivity index (χ2v) is 6.17. The quantitative estimate of drug-likeness (QED) is 0.784. The molecule has 0 N–H and O–H groups in total. The number of nitrogens with zero attached hydrogens (tertiary/aromatic N) is 2. The zero-order valence-electron chi connectivity index (χ0n) is 11.5. The van der Waals surface area contributed by atoms with Crippen LogP contribution in [0.25, 0.3) is 0 Å². The van der Waals surface area contributed by atoms with Crippen molar-refractivity contribution in [3.8, 4) is 0 Å². The Balaban J connectivity index is 2.18. The normalized spacial score (nSPS) is 22.3. The van der Waals surface area contributed by atoms with Gasteiger partial charge in [0, 0.05) is 35.9 Å².